The minimum absolute atomic E-state index is 0.305. The van der Waals surface area contributed by atoms with E-state index in [2.05, 4.69) is 45.7 Å². The minimum Gasteiger partial charge on any atom is -0.396 e. The Morgan fingerprint density at radius 2 is 1.96 bits per heavy atom. The molecular weight excluding hydrogens is 336 g/mol. The van der Waals surface area contributed by atoms with Gasteiger partial charge in [0, 0.05) is 64.2 Å². The Balaban J connectivity index is 1.46. The van der Waals surface area contributed by atoms with Crippen LogP contribution in [0.2, 0.25) is 0 Å². The molecule has 0 aromatic carbocycles. The van der Waals surface area contributed by atoms with E-state index in [1.165, 1.54) is 51.1 Å². The Morgan fingerprint density at radius 1 is 1.15 bits per heavy atom. The van der Waals surface area contributed by atoms with Crippen molar-refractivity contribution in [2.24, 2.45) is 5.92 Å². The summed E-state index contributed by atoms with van der Waals surface area (Å²) in [5.74, 6) is 0.751. The van der Waals surface area contributed by atoms with E-state index in [9.17, 15) is 5.11 Å². The normalized spacial score (nSPS) is 23.9. The van der Waals surface area contributed by atoms with E-state index in [-0.39, 0.29) is 0 Å². The van der Waals surface area contributed by atoms with Crippen LogP contribution in [0, 0.1) is 5.92 Å². The lowest BCUT2D eigenvalue weighted by Gasteiger charge is -2.46. The van der Waals surface area contributed by atoms with Crippen LogP contribution in [0.1, 0.15) is 45.2 Å². The number of rotatable bonds is 8. The first-order chi connectivity index (χ1) is 13.2. The van der Waals surface area contributed by atoms with Crippen molar-refractivity contribution >= 4 is 0 Å². The smallest absolute Gasteiger partial charge is 0.0543 e. The van der Waals surface area contributed by atoms with Gasteiger partial charge in [0.2, 0.25) is 0 Å². The Bertz CT molecular complexity index is 530. The summed E-state index contributed by atoms with van der Waals surface area (Å²) >= 11 is 0. The van der Waals surface area contributed by atoms with Crippen molar-refractivity contribution in [3.8, 4) is 0 Å². The first-order valence-corrected chi connectivity index (χ1v) is 10.9. The maximum atomic E-state index is 9.53. The molecule has 2 aliphatic rings. The lowest BCUT2D eigenvalue weighted by molar-refractivity contribution is 0.0142. The third-order valence-electron chi connectivity index (χ3n) is 6.28. The number of hydrogen-bond donors (Lipinski definition) is 1. The Morgan fingerprint density at radius 3 is 2.63 bits per heavy atom. The number of hydrogen-bond acceptors (Lipinski definition) is 5. The summed E-state index contributed by atoms with van der Waals surface area (Å²) in [6.07, 6.45) is 6.57. The maximum Gasteiger partial charge on any atom is 0.0543 e. The molecule has 2 fully saturated rings. The van der Waals surface area contributed by atoms with E-state index in [0.29, 0.717) is 18.7 Å². The zero-order valence-electron chi connectivity index (χ0n) is 17.3. The van der Waals surface area contributed by atoms with Gasteiger partial charge in [0.05, 0.1) is 5.69 Å². The first kappa shape index (κ1) is 20.7. The summed E-state index contributed by atoms with van der Waals surface area (Å²) in [6, 6.07) is 7.42. The summed E-state index contributed by atoms with van der Waals surface area (Å²) in [5, 5.41) is 9.53. The van der Waals surface area contributed by atoms with Gasteiger partial charge in [0.25, 0.3) is 0 Å². The molecule has 2 aliphatic heterocycles. The number of aromatic nitrogens is 1. The van der Waals surface area contributed by atoms with Crippen LogP contribution in [-0.2, 0) is 6.54 Å². The van der Waals surface area contributed by atoms with Crippen molar-refractivity contribution in [3.63, 3.8) is 0 Å². The summed E-state index contributed by atoms with van der Waals surface area (Å²) < 4.78 is 0. The SMILES string of the molecule is CC(C)CCN1CCN(C2CCN(Cc3ccccn3)CC2)C[C@H]1CCO. The van der Waals surface area contributed by atoms with Gasteiger partial charge in [-0.05, 0) is 50.3 Å². The zero-order chi connectivity index (χ0) is 19.1. The Hall–Kier alpha value is -1.01. The van der Waals surface area contributed by atoms with Crippen molar-refractivity contribution in [2.75, 3.05) is 45.9 Å². The number of nitrogens with zero attached hydrogens (tertiary/aromatic N) is 4. The van der Waals surface area contributed by atoms with Crippen LogP contribution in [0.15, 0.2) is 24.4 Å². The summed E-state index contributed by atoms with van der Waals surface area (Å²) in [7, 11) is 0. The molecule has 0 amide bonds. The highest BCUT2D eigenvalue weighted by Gasteiger charge is 2.32. The second kappa shape index (κ2) is 10.5. The fraction of sp³-hybridized carbons (Fsp3) is 0.773. The lowest BCUT2D eigenvalue weighted by Crippen LogP contribution is -2.57. The molecule has 0 aliphatic carbocycles. The fourth-order valence-corrected chi connectivity index (χ4v) is 4.55. The number of piperidine rings is 1. The molecule has 0 spiro atoms. The van der Waals surface area contributed by atoms with E-state index in [4.69, 9.17) is 0 Å². The van der Waals surface area contributed by atoms with Crippen molar-refractivity contribution in [2.45, 2.75) is 58.2 Å². The second-order valence-electron chi connectivity index (χ2n) is 8.71. The van der Waals surface area contributed by atoms with Gasteiger partial charge in [0.1, 0.15) is 0 Å². The number of likely N-dealkylation sites (tertiary alicyclic amines) is 1. The predicted molar refractivity (Wildman–Crippen MR) is 111 cm³/mol. The van der Waals surface area contributed by atoms with Gasteiger partial charge < -0.3 is 5.11 Å². The van der Waals surface area contributed by atoms with Gasteiger partial charge in [-0.15, -0.1) is 0 Å². The van der Waals surface area contributed by atoms with E-state index in [1.54, 1.807) is 0 Å². The van der Waals surface area contributed by atoms with Gasteiger partial charge in [-0.25, -0.2) is 0 Å². The molecule has 1 N–H and O–H groups in total. The minimum atomic E-state index is 0.305. The third kappa shape index (κ3) is 6.24. The van der Waals surface area contributed by atoms with Gasteiger partial charge in [-0.2, -0.15) is 0 Å². The molecule has 0 radical (unpaired) electrons. The van der Waals surface area contributed by atoms with Crippen LogP contribution in [0.4, 0.5) is 0 Å². The third-order valence-corrected chi connectivity index (χ3v) is 6.28. The summed E-state index contributed by atoms with van der Waals surface area (Å²) in [4.78, 5) is 12.4. The van der Waals surface area contributed by atoms with Gasteiger partial charge in [0.15, 0.2) is 0 Å². The Kier molecular flexibility index (Phi) is 8.07. The van der Waals surface area contributed by atoms with Crippen molar-refractivity contribution in [3.05, 3.63) is 30.1 Å². The molecule has 1 aromatic heterocycles. The van der Waals surface area contributed by atoms with Crippen molar-refractivity contribution in [1.29, 1.82) is 0 Å². The lowest BCUT2D eigenvalue weighted by atomic mass is 9.99. The van der Waals surface area contributed by atoms with Crippen LogP contribution in [-0.4, -0.2) is 82.7 Å². The summed E-state index contributed by atoms with van der Waals surface area (Å²) in [5.41, 5.74) is 1.18. The average Bonchev–Trinajstić information content (AvgIpc) is 2.68. The maximum absolute atomic E-state index is 9.53. The second-order valence-corrected chi connectivity index (χ2v) is 8.71. The van der Waals surface area contributed by atoms with Gasteiger partial charge in [-0.1, -0.05) is 19.9 Å². The molecule has 1 aromatic rings. The highest BCUT2D eigenvalue weighted by molar-refractivity contribution is 5.03. The van der Waals surface area contributed by atoms with E-state index >= 15 is 0 Å². The number of aliphatic hydroxyl groups is 1. The molecule has 2 saturated heterocycles. The van der Waals surface area contributed by atoms with Gasteiger partial charge in [-0.3, -0.25) is 19.7 Å². The summed E-state index contributed by atoms with van der Waals surface area (Å²) in [6.45, 7) is 12.9. The molecule has 0 bridgehead atoms. The molecule has 27 heavy (non-hydrogen) atoms. The number of pyridine rings is 1. The molecule has 0 unspecified atom stereocenters. The monoisotopic (exact) mass is 374 g/mol. The molecule has 5 heteroatoms. The molecule has 3 rings (SSSR count). The van der Waals surface area contributed by atoms with Crippen LogP contribution in [0.3, 0.4) is 0 Å². The highest BCUT2D eigenvalue weighted by Crippen LogP contribution is 2.23. The van der Waals surface area contributed by atoms with Crippen LogP contribution < -0.4 is 0 Å². The van der Waals surface area contributed by atoms with Crippen molar-refractivity contribution in [1.82, 2.24) is 19.7 Å². The zero-order valence-corrected chi connectivity index (χ0v) is 17.3. The molecule has 0 saturated carbocycles. The molecule has 3 heterocycles. The van der Waals surface area contributed by atoms with Gasteiger partial charge >= 0.3 is 0 Å². The molecule has 152 valence electrons. The van der Waals surface area contributed by atoms with E-state index in [1.807, 2.05) is 12.3 Å². The molecule has 5 nitrogen and oxygen atoms in total. The fourth-order valence-electron chi connectivity index (χ4n) is 4.55. The van der Waals surface area contributed by atoms with Crippen LogP contribution in [0.5, 0.6) is 0 Å². The average molecular weight is 375 g/mol. The molecular formula is C22H38N4O. The van der Waals surface area contributed by atoms with E-state index < -0.39 is 0 Å². The molecule has 1 atom stereocenters. The predicted octanol–water partition coefficient (Wildman–Crippen LogP) is 2.46. The van der Waals surface area contributed by atoms with E-state index in [0.717, 1.165) is 32.0 Å². The van der Waals surface area contributed by atoms with Crippen molar-refractivity contribution < 1.29 is 5.11 Å². The topological polar surface area (TPSA) is 42.8 Å². The largest absolute Gasteiger partial charge is 0.396 e. The number of piperazine rings is 1. The van der Waals surface area contributed by atoms with Crippen LogP contribution in [0.25, 0.3) is 0 Å². The quantitative estimate of drug-likeness (QED) is 0.757. The number of aliphatic hydroxyl groups excluding tert-OH is 1. The highest BCUT2D eigenvalue weighted by atomic mass is 16.3. The first-order valence-electron chi connectivity index (χ1n) is 10.9. The standard InChI is InChI=1S/C22H38N4O/c1-19(2)6-13-25-14-15-26(18-22(25)9-16-27)21-7-11-24(12-8-21)17-20-5-3-4-10-23-20/h3-5,10,19,21-22,27H,6-9,11-18H2,1-2H3/t22-/m1/s1. The van der Waals surface area contributed by atoms with Crippen LogP contribution >= 0.6 is 0 Å². The Labute approximate surface area is 165 Å².